The van der Waals surface area contributed by atoms with E-state index < -0.39 is 0 Å². The zero-order chi connectivity index (χ0) is 13.2. The van der Waals surface area contributed by atoms with Crippen LogP contribution >= 0.6 is 0 Å². The Labute approximate surface area is 110 Å². The van der Waals surface area contributed by atoms with Crippen LogP contribution in [0.2, 0.25) is 0 Å². The Balaban J connectivity index is 2.60. The molecular formula is C14H23N3O. The van der Waals surface area contributed by atoms with Crippen LogP contribution in [0.5, 0.6) is 0 Å². The molecule has 18 heavy (non-hydrogen) atoms. The van der Waals surface area contributed by atoms with Crippen molar-refractivity contribution < 1.29 is 4.74 Å². The van der Waals surface area contributed by atoms with E-state index in [1.165, 1.54) is 0 Å². The number of nitrogens with one attached hydrogen (secondary N) is 1. The molecule has 1 aromatic heterocycles. The maximum absolute atomic E-state index is 5.11. The predicted molar refractivity (Wildman–Crippen MR) is 74.4 cm³/mol. The number of pyridine rings is 1. The highest BCUT2D eigenvalue weighted by Gasteiger charge is 2.05. The van der Waals surface area contributed by atoms with Crippen LogP contribution in [0.15, 0.2) is 30.9 Å². The van der Waals surface area contributed by atoms with E-state index in [1.807, 2.05) is 19.2 Å². The van der Waals surface area contributed by atoms with E-state index in [1.54, 1.807) is 7.11 Å². The normalized spacial score (nSPS) is 10.8. The van der Waals surface area contributed by atoms with Gasteiger partial charge in [-0.05, 0) is 19.2 Å². The fourth-order valence-electron chi connectivity index (χ4n) is 1.76. The zero-order valence-corrected chi connectivity index (χ0v) is 11.4. The van der Waals surface area contributed by atoms with Crippen LogP contribution < -0.4 is 5.32 Å². The average molecular weight is 249 g/mol. The molecule has 0 aliphatic rings. The van der Waals surface area contributed by atoms with E-state index in [0.717, 1.165) is 44.2 Å². The van der Waals surface area contributed by atoms with Crippen LogP contribution in [0.4, 0.5) is 0 Å². The minimum absolute atomic E-state index is 0.726. The average Bonchev–Trinajstić information content (AvgIpc) is 2.37. The van der Waals surface area contributed by atoms with Crippen molar-refractivity contribution in [2.75, 3.05) is 33.9 Å². The van der Waals surface area contributed by atoms with Crippen molar-refractivity contribution in [1.29, 1.82) is 0 Å². The van der Waals surface area contributed by atoms with Crippen molar-refractivity contribution in [3.05, 3.63) is 42.2 Å². The molecule has 0 saturated heterocycles. The molecule has 0 aliphatic heterocycles. The van der Waals surface area contributed by atoms with Gasteiger partial charge in [-0.3, -0.25) is 9.88 Å². The second-order valence-electron chi connectivity index (χ2n) is 4.17. The van der Waals surface area contributed by atoms with E-state index in [4.69, 9.17) is 4.74 Å². The van der Waals surface area contributed by atoms with E-state index in [0.29, 0.717) is 0 Å². The van der Waals surface area contributed by atoms with Gasteiger partial charge in [-0.15, -0.1) is 6.58 Å². The molecule has 0 saturated carbocycles. The molecular weight excluding hydrogens is 226 g/mol. The third-order valence-corrected chi connectivity index (χ3v) is 2.61. The summed E-state index contributed by atoms with van der Waals surface area (Å²) in [7, 11) is 3.65. The number of ether oxygens (including phenoxy) is 1. The fourth-order valence-corrected chi connectivity index (χ4v) is 1.76. The Morgan fingerprint density at radius 3 is 2.89 bits per heavy atom. The van der Waals surface area contributed by atoms with Crippen LogP contribution in [0.3, 0.4) is 0 Å². The molecule has 0 aromatic carbocycles. The van der Waals surface area contributed by atoms with Gasteiger partial charge in [0, 0.05) is 33.3 Å². The highest BCUT2D eigenvalue weighted by molar-refractivity contribution is 5.11. The first-order chi connectivity index (χ1) is 8.80. The standard InChI is InChI=1S/C14H23N3O/c1-4-8-17(9-10-18-3)12-14-7-5-6-13(16-14)11-15-2/h4-7,15H,1,8-12H2,2-3H3. The number of rotatable bonds is 9. The molecule has 0 aliphatic carbocycles. The Morgan fingerprint density at radius 1 is 1.44 bits per heavy atom. The molecule has 1 N–H and O–H groups in total. The van der Waals surface area contributed by atoms with Crippen LogP contribution in [-0.2, 0) is 17.8 Å². The smallest absolute Gasteiger partial charge is 0.0589 e. The number of aromatic nitrogens is 1. The molecule has 0 bridgehead atoms. The van der Waals surface area contributed by atoms with Crippen molar-refractivity contribution in [3.8, 4) is 0 Å². The van der Waals surface area contributed by atoms with Crippen LogP contribution in [0.25, 0.3) is 0 Å². The molecule has 1 rings (SSSR count). The molecule has 100 valence electrons. The lowest BCUT2D eigenvalue weighted by molar-refractivity contribution is 0.150. The maximum Gasteiger partial charge on any atom is 0.0589 e. The van der Waals surface area contributed by atoms with Crippen LogP contribution in [-0.4, -0.2) is 43.7 Å². The molecule has 0 radical (unpaired) electrons. The van der Waals surface area contributed by atoms with Gasteiger partial charge in [0.25, 0.3) is 0 Å². The van der Waals surface area contributed by atoms with Gasteiger partial charge in [0.1, 0.15) is 0 Å². The third-order valence-electron chi connectivity index (χ3n) is 2.61. The summed E-state index contributed by atoms with van der Waals surface area (Å²) in [5, 5.41) is 3.11. The van der Waals surface area contributed by atoms with Gasteiger partial charge >= 0.3 is 0 Å². The van der Waals surface area contributed by atoms with E-state index >= 15 is 0 Å². The van der Waals surface area contributed by atoms with Gasteiger partial charge in [0.05, 0.1) is 18.0 Å². The first-order valence-electron chi connectivity index (χ1n) is 6.21. The van der Waals surface area contributed by atoms with Crippen molar-refractivity contribution in [2.45, 2.75) is 13.1 Å². The first-order valence-corrected chi connectivity index (χ1v) is 6.21. The van der Waals surface area contributed by atoms with Crippen LogP contribution in [0.1, 0.15) is 11.4 Å². The lowest BCUT2D eigenvalue weighted by Crippen LogP contribution is -2.27. The number of hydrogen-bond donors (Lipinski definition) is 1. The van der Waals surface area contributed by atoms with Crippen molar-refractivity contribution in [3.63, 3.8) is 0 Å². The SMILES string of the molecule is C=CCN(CCOC)Cc1cccc(CNC)n1. The molecule has 0 unspecified atom stereocenters. The summed E-state index contributed by atoms with van der Waals surface area (Å²) in [5.41, 5.74) is 2.15. The Bertz CT molecular complexity index is 355. The van der Waals surface area contributed by atoms with Gasteiger partial charge in [-0.1, -0.05) is 12.1 Å². The molecule has 0 amide bonds. The summed E-state index contributed by atoms with van der Waals surface area (Å²) in [6, 6.07) is 6.15. The van der Waals surface area contributed by atoms with Gasteiger partial charge in [-0.2, -0.15) is 0 Å². The molecule has 0 spiro atoms. The Hall–Kier alpha value is -1.23. The zero-order valence-electron chi connectivity index (χ0n) is 11.4. The summed E-state index contributed by atoms with van der Waals surface area (Å²) < 4.78 is 5.11. The second-order valence-corrected chi connectivity index (χ2v) is 4.17. The fraction of sp³-hybridized carbons (Fsp3) is 0.500. The van der Waals surface area contributed by atoms with Crippen molar-refractivity contribution in [1.82, 2.24) is 15.2 Å². The monoisotopic (exact) mass is 249 g/mol. The highest BCUT2D eigenvalue weighted by Crippen LogP contribution is 2.04. The summed E-state index contributed by atoms with van der Waals surface area (Å²) in [4.78, 5) is 6.88. The van der Waals surface area contributed by atoms with Gasteiger partial charge in [0.15, 0.2) is 0 Å². The van der Waals surface area contributed by atoms with Crippen molar-refractivity contribution in [2.24, 2.45) is 0 Å². The summed E-state index contributed by atoms with van der Waals surface area (Å²) in [6.07, 6.45) is 1.91. The molecule has 1 aromatic rings. The largest absolute Gasteiger partial charge is 0.383 e. The minimum Gasteiger partial charge on any atom is -0.383 e. The summed E-state index contributed by atoms with van der Waals surface area (Å²) >= 11 is 0. The van der Waals surface area contributed by atoms with Gasteiger partial charge < -0.3 is 10.1 Å². The van der Waals surface area contributed by atoms with E-state index in [2.05, 4.69) is 33.9 Å². The lowest BCUT2D eigenvalue weighted by Gasteiger charge is -2.19. The topological polar surface area (TPSA) is 37.4 Å². The molecule has 0 atom stereocenters. The van der Waals surface area contributed by atoms with E-state index in [9.17, 15) is 0 Å². The first kappa shape index (κ1) is 14.8. The second kappa shape index (κ2) is 8.80. The van der Waals surface area contributed by atoms with Gasteiger partial charge in [-0.25, -0.2) is 0 Å². The quantitative estimate of drug-likeness (QED) is 0.672. The third kappa shape index (κ3) is 5.40. The van der Waals surface area contributed by atoms with Gasteiger partial charge in [0.2, 0.25) is 0 Å². The van der Waals surface area contributed by atoms with Crippen molar-refractivity contribution >= 4 is 0 Å². The Kier molecular flexibility index (Phi) is 7.25. The minimum atomic E-state index is 0.726. The van der Waals surface area contributed by atoms with Crippen LogP contribution in [0, 0.1) is 0 Å². The number of hydrogen-bond acceptors (Lipinski definition) is 4. The lowest BCUT2D eigenvalue weighted by atomic mass is 10.2. The number of methoxy groups -OCH3 is 1. The molecule has 0 fully saturated rings. The molecule has 1 heterocycles. The Morgan fingerprint density at radius 2 is 2.22 bits per heavy atom. The molecule has 4 nitrogen and oxygen atoms in total. The highest BCUT2D eigenvalue weighted by atomic mass is 16.5. The summed E-state index contributed by atoms with van der Waals surface area (Å²) in [6.45, 7) is 7.87. The maximum atomic E-state index is 5.11. The predicted octanol–water partition coefficient (Wildman–Crippen LogP) is 1.44. The molecule has 4 heteroatoms. The summed E-state index contributed by atoms with van der Waals surface area (Å²) in [5.74, 6) is 0. The number of nitrogens with zero attached hydrogens (tertiary/aromatic N) is 2. The van der Waals surface area contributed by atoms with E-state index in [-0.39, 0.29) is 0 Å².